The van der Waals surface area contributed by atoms with Crippen LogP contribution in [0.25, 0.3) is 0 Å². The fraction of sp³-hybridized carbons (Fsp3) is 0.250. The predicted octanol–water partition coefficient (Wildman–Crippen LogP) is 1.03. The Bertz CT molecular complexity index is 271. The quantitative estimate of drug-likeness (QED) is 0.573. The van der Waals surface area contributed by atoms with Crippen LogP contribution in [-0.4, -0.2) is 21.8 Å². The maximum atomic E-state index is 10.5. The topological polar surface area (TPSA) is 49.7 Å². The van der Waals surface area contributed by atoms with Crippen molar-refractivity contribution < 1.29 is 9.90 Å². The lowest BCUT2D eigenvalue weighted by atomic mass is 10.1. The summed E-state index contributed by atoms with van der Waals surface area (Å²) in [4.78, 5) is 14.2. The van der Waals surface area contributed by atoms with E-state index in [2.05, 4.69) is 4.99 Å². The minimum Gasteiger partial charge on any atom is -0.368 e. The molecule has 1 aliphatic rings. The first-order valence-corrected chi connectivity index (χ1v) is 3.76. The van der Waals surface area contributed by atoms with Crippen molar-refractivity contribution in [3.63, 3.8) is 0 Å². The van der Waals surface area contributed by atoms with Crippen LogP contribution in [0.2, 0.25) is 0 Å². The average molecular weight is 186 g/mol. The molecule has 12 heavy (non-hydrogen) atoms. The van der Waals surface area contributed by atoms with Gasteiger partial charge in [-0.1, -0.05) is 11.6 Å². The smallest absolute Gasteiger partial charge is 0.243 e. The van der Waals surface area contributed by atoms with E-state index in [0.717, 1.165) is 0 Å². The van der Waals surface area contributed by atoms with Crippen LogP contribution in [0.5, 0.6) is 0 Å². The van der Waals surface area contributed by atoms with Crippen molar-refractivity contribution in [1.82, 2.24) is 0 Å². The number of hydrogen-bond donors (Lipinski definition) is 1. The van der Waals surface area contributed by atoms with Gasteiger partial charge < -0.3 is 5.11 Å². The summed E-state index contributed by atoms with van der Waals surface area (Å²) in [6, 6.07) is 0. The van der Waals surface area contributed by atoms with Crippen LogP contribution >= 0.6 is 11.6 Å². The third-order valence-corrected chi connectivity index (χ3v) is 1.51. The highest BCUT2D eigenvalue weighted by Crippen LogP contribution is 2.18. The molecule has 0 heterocycles. The highest BCUT2D eigenvalue weighted by atomic mass is 35.5. The van der Waals surface area contributed by atoms with Crippen molar-refractivity contribution in [2.24, 2.45) is 4.99 Å². The molecule has 0 bridgehead atoms. The molecule has 0 radical (unpaired) electrons. The number of carbonyl (C=O) groups excluding carboxylic acids is 1. The molecule has 0 fully saturated rings. The summed E-state index contributed by atoms with van der Waals surface area (Å²) in [6.45, 7) is 1.36. The Morgan fingerprint density at radius 3 is 2.50 bits per heavy atom. The van der Waals surface area contributed by atoms with Crippen molar-refractivity contribution in [1.29, 1.82) is 0 Å². The van der Waals surface area contributed by atoms with Gasteiger partial charge in [0.2, 0.25) is 5.91 Å². The molecular formula is C8H8ClNO2. The number of hydrogen-bond acceptors (Lipinski definition) is 2. The van der Waals surface area contributed by atoms with Gasteiger partial charge in [-0.25, -0.2) is 4.99 Å². The van der Waals surface area contributed by atoms with E-state index < -0.39 is 5.06 Å². The molecule has 0 spiro atoms. The number of amides is 1. The molecule has 64 valence electrons. The first-order chi connectivity index (χ1) is 5.49. The molecule has 1 amide bonds. The highest BCUT2D eigenvalue weighted by molar-refractivity contribution is 6.27. The van der Waals surface area contributed by atoms with Gasteiger partial charge in [-0.3, -0.25) is 4.79 Å². The van der Waals surface area contributed by atoms with Crippen LogP contribution in [0.1, 0.15) is 6.92 Å². The van der Waals surface area contributed by atoms with Crippen molar-refractivity contribution in [2.45, 2.75) is 12.0 Å². The van der Waals surface area contributed by atoms with Crippen molar-refractivity contribution >= 4 is 23.2 Å². The number of nitrogens with zero attached hydrogens (tertiary/aromatic N) is 1. The first kappa shape index (κ1) is 9.16. The van der Waals surface area contributed by atoms with Gasteiger partial charge >= 0.3 is 0 Å². The van der Waals surface area contributed by atoms with Gasteiger partial charge in [-0.05, 0) is 24.3 Å². The van der Waals surface area contributed by atoms with Gasteiger partial charge in [0.1, 0.15) is 0 Å². The molecule has 1 rings (SSSR count). The fourth-order valence-corrected chi connectivity index (χ4v) is 0.898. The van der Waals surface area contributed by atoms with E-state index in [1.807, 2.05) is 0 Å². The van der Waals surface area contributed by atoms with Gasteiger partial charge in [-0.2, -0.15) is 0 Å². The van der Waals surface area contributed by atoms with E-state index in [-0.39, 0.29) is 5.91 Å². The molecule has 4 heteroatoms. The molecule has 1 aliphatic carbocycles. The molecule has 0 unspecified atom stereocenters. The normalized spacial score (nSPS) is 27.4. The summed E-state index contributed by atoms with van der Waals surface area (Å²) in [6.07, 6.45) is 5.70. The highest BCUT2D eigenvalue weighted by Gasteiger charge is 2.17. The maximum absolute atomic E-state index is 10.5. The van der Waals surface area contributed by atoms with Gasteiger partial charge in [0, 0.05) is 6.92 Å². The Balaban J connectivity index is 2.80. The van der Waals surface area contributed by atoms with E-state index in [1.165, 1.54) is 31.2 Å². The summed E-state index contributed by atoms with van der Waals surface area (Å²) in [5.74, 6) is -0.278. The molecular weight excluding hydrogens is 178 g/mol. The number of rotatable bonds is 0. The summed E-state index contributed by atoms with van der Waals surface area (Å²) in [5, 5.41) is 7.74. The van der Waals surface area contributed by atoms with Crippen LogP contribution < -0.4 is 0 Å². The Morgan fingerprint density at radius 1 is 1.58 bits per heavy atom. The third-order valence-electron chi connectivity index (χ3n) is 1.26. The lowest BCUT2D eigenvalue weighted by Gasteiger charge is -2.13. The number of halogens is 1. The zero-order valence-corrected chi connectivity index (χ0v) is 7.25. The van der Waals surface area contributed by atoms with Crippen LogP contribution in [0.15, 0.2) is 29.3 Å². The third kappa shape index (κ3) is 2.60. The van der Waals surface area contributed by atoms with E-state index >= 15 is 0 Å². The Hall–Kier alpha value is -0.930. The Kier molecular flexibility index (Phi) is 2.45. The molecule has 0 aromatic carbocycles. The van der Waals surface area contributed by atoms with Crippen LogP contribution in [0, 0.1) is 0 Å². The van der Waals surface area contributed by atoms with Gasteiger partial charge in [0.05, 0.1) is 5.71 Å². The van der Waals surface area contributed by atoms with Crippen LogP contribution in [0.4, 0.5) is 0 Å². The number of allylic oxidation sites excluding steroid dienone is 2. The lowest BCUT2D eigenvalue weighted by molar-refractivity contribution is -0.115. The molecule has 3 nitrogen and oxygen atoms in total. The van der Waals surface area contributed by atoms with Crippen molar-refractivity contribution in [3.05, 3.63) is 24.3 Å². The van der Waals surface area contributed by atoms with Crippen LogP contribution in [-0.2, 0) is 4.79 Å². The first-order valence-electron chi connectivity index (χ1n) is 3.39. The maximum Gasteiger partial charge on any atom is 0.243 e. The SMILES string of the molecule is CC(=O)N=C1C=CC(O)(Cl)C=C1. The average Bonchev–Trinajstić information content (AvgIpc) is 1.93. The van der Waals surface area contributed by atoms with Crippen molar-refractivity contribution in [2.75, 3.05) is 0 Å². The molecule has 0 aliphatic heterocycles. The number of alkyl halides is 1. The molecule has 0 saturated carbocycles. The molecule has 1 N–H and O–H groups in total. The zero-order valence-electron chi connectivity index (χ0n) is 6.49. The molecule has 0 saturated heterocycles. The van der Waals surface area contributed by atoms with Gasteiger partial charge in [-0.15, -0.1) is 0 Å². The number of carbonyl (C=O) groups is 1. The fourth-order valence-electron chi connectivity index (χ4n) is 0.772. The summed E-state index contributed by atoms with van der Waals surface area (Å²) in [7, 11) is 0. The van der Waals surface area contributed by atoms with E-state index in [1.54, 1.807) is 0 Å². The number of aliphatic hydroxyl groups is 1. The Labute approximate surface area is 75.1 Å². The zero-order chi connectivity index (χ0) is 9.19. The predicted molar refractivity (Wildman–Crippen MR) is 47.2 cm³/mol. The summed E-state index contributed by atoms with van der Waals surface area (Å²) >= 11 is 5.52. The van der Waals surface area contributed by atoms with E-state index in [9.17, 15) is 9.90 Å². The minimum absolute atomic E-state index is 0.278. The molecule has 0 aromatic rings. The minimum atomic E-state index is -1.43. The second-order valence-electron chi connectivity index (χ2n) is 2.45. The summed E-state index contributed by atoms with van der Waals surface area (Å²) in [5.41, 5.74) is 0.493. The lowest BCUT2D eigenvalue weighted by Crippen LogP contribution is -2.17. The number of aliphatic imine (C=N–C) groups is 1. The second-order valence-corrected chi connectivity index (χ2v) is 3.06. The van der Waals surface area contributed by atoms with E-state index in [0.29, 0.717) is 5.71 Å². The van der Waals surface area contributed by atoms with Crippen molar-refractivity contribution in [3.8, 4) is 0 Å². The molecule has 0 atom stereocenters. The van der Waals surface area contributed by atoms with E-state index in [4.69, 9.17) is 11.6 Å². The molecule has 0 aromatic heterocycles. The Morgan fingerprint density at radius 2 is 2.08 bits per heavy atom. The monoisotopic (exact) mass is 185 g/mol. The van der Waals surface area contributed by atoms with Gasteiger partial charge in [0.15, 0.2) is 5.06 Å². The van der Waals surface area contributed by atoms with Crippen LogP contribution in [0.3, 0.4) is 0 Å². The second kappa shape index (κ2) is 3.21. The largest absolute Gasteiger partial charge is 0.368 e. The summed E-state index contributed by atoms with van der Waals surface area (Å²) < 4.78 is 0. The van der Waals surface area contributed by atoms with Gasteiger partial charge in [0.25, 0.3) is 0 Å². The standard InChI is InChI=1S/C8H8ClNO2/c1-6(11)10-7-2-4-8(9,12)5-3-7/h2-5,12H,1H3.